The Bertz CT molecular complexity index is 848. The van der Waals surface area contributed by atoms with Crippen molar-refractivity contribution in [2.24, 2.45) is 0 Å². The SMILES string of the molecule is CN(C)c1ccc(-c2cc(=O)c3cc(O)ccc3o2)cc1. The lowest BCUT2D eigenvalue weighted by atomic mass is 10.1. The van der Waals surface area contributed by atoms with E-state index in [1.807, 2.05) is 43.3 Å². The molecule has 0 saturated carbocycles. The molecule has 4 heteroatoms. The molecule has 0 saturated heterocycles. The normalized spacial score (nSPS) is 10.8. The highest BCUT2D eigenvalue weighted by Crippen LogP contribution is 2.25. The maximum Gasteiger partial charge on any atom is 0.193 e. The van der Waals surface area contributed by atoms with Crippen LogP contribution in [0.4, 0.5) is 5.69 Å². The average molecular weight is 281 g/mol. The number of hydrogen-bond acceptors (Lipinski definition) is 4. The van der Waals surface area contributed by atoms with Gasteiger partial charge in [-0.25, -0.2) is 0 Å². The third-order valence-electron chi connectivity index (χ3n) is 3.38. The van der Waals surface area contributed by atoms with E-state index in [2.05, 4.69) is 0 Å². The summed E-state index contributed by atoms with van der Waals surface area (Å²) in [6.07, 6.45) is 0. The van der Waals surface area contributed by atoms with E-state index >= 15 is 0 Å². The van der Waals surface area contributed by atoms with Crippen molar-refractivity contribution in [2.75, 3.05) is 19.0 Å². The Hall–Kier alpha value is -2.75. The van der Waals surface area contributed by atoms with E-state index in [0.29, 0.717) is 16.7 Å². The fraction of sp³-hybridized carbons (Fsp3) is 0.118. The molecule has 0 aliphatic carbocycles. The molecule has 3 rings (SSSR count). The lowest BCUT2D eigenvalue weighted by Crippen LogP contribution is -2.08. The van der Waals surface area contributed by atoms with Crippen LogP contribution < -0.4 is 10.3 Å². The third-order valence-corrected chi connectivity index (χ3v) is 3.38. The van der Waals surface area contributed by atoms with Crippen LogP contribution in [0.1, 0.15) is 0 Å². The summed E-state index contributed by atoms with van der Waals surface area (Å²) in [6.45, 7) is 0. The third kappa shape index (κ3) is 2.48. The van der Waals surface area contributed by atoms with Crippen LogP contribution in [-0.2, 0) is 0 Å². The van der Waals surface area contributed by atoms with E-state index in [0.717, 1.165) is 11.3 Å². The van der Waals surface area contributed by atoms with Gasteiger partial charge in [0.05, 0.1) is 5.39 Å². The Morgan fingerprint density at radius 2 is 1.71 bits per heavy atom. The molecule has 0 amide bonds. The van der Waals surface area contributed by atoms with Gasteiger partial charge in [-0.15, -0.1) is 0 Å². The Morgan fingerprint density at radius 1 is 1.00 bits per heavy atom. The largest absolute Gasteiger partial charge is 0.508 e. The maximum absolute atomic E-state index is 12.1. The molecule has 1 N–H and O–H groups in total. The second-order valence-corrected chi connectivity index (χ2v) is 5.10. The zero-order valence-electron chi connectivity index (χ0n) is 11.8. The minimum Gasteiger partial charge on any atom is -0.508 e. The molecular formula is C17H15NO3. The van der Waals surface area contributed by atoms with Crippen molar-refractivity contribution in [1.29, 1.82) is 0 Å². The maximum atomic E-state index is 12.1. The van der Waals surface area contributed by atoms with Gasteiger partial charge < -0.3 is 14.4 Å². The van der Waals surface area contributed by atoms with Crippen molar-refractivity contribution in [3.05, 3.63) is 58.8 Å². The molecular weight excluding hydrogens is 266 g/mol. The molecule has 4 nitrogen and oxygen atoms in total. The van der Waals surface area contributed by atoms with Crippen LogP contribution in [0.25, 0.3) is 22.3 Å². The number of aromatic hydroxyl groups is 1. The number of benzene rings is 2. The summed E-state index contributed by atoms with van der Waals surface area (Å²) in [5.41, 5.74) is 2.21. The van der Waals surface area contributed by atoms with Gasteiger partial charge in [-0.2, -0.15) is 0 Å². The molecule has 0 unspecified atom stereocenters. The molecule has 0 aliphatic rings. The summed E-state index contributed by atoms with van der Waals surface area (Å²) in [7, 11) is 3.94. The van der Waals surface area contributed by atoms with Crippen LogP contribution in [0.15, 0.2) is 57.7 Å². The molecule has 0 atom stereocenters. The molecule has 0 bridgehead atoms. The second kappa shape index (κ2) is 4.98. The zero-order valence-corrected chi connectivity index (χ0v) is 11.8. The Morgan fingerprint density at radius 3 is 2.38 bits per heavy atom. The van der Waals surface area contributed by atoms with Gasteiger partial charge in [-0.05, 0) is 42.5 Å². The highest BCUT2D eigenvalue weighted by molar-refractivity contribution is 5.80. The monoisotopic (exact) mass is 281 g/mol. The van der Waals surface area contributed by atoms with Crippen molar-refractivity contribution in [3.8, 4) is 17.1 Å². The summed E-state index contributed by atoms with van der Waals surface area (Å²) < 4.78 is 5.76. The van der Waals surface area contributed by atoms with E-state index in [9.17, 15) is 9.90 Å². The second-order valence-electron chi connectivity index (χ2n) is 5.10. The first-order chi connectivity index (χ1) is 10.0. The smallest absolute Gasteiger partial charge is 0.193 e. The lowest BCUT2D eigenvalue weighted by molar-refractivity contribution is 0.475. The van der Waals surface area contributed by atoms with Crippen LogP contribution in [-0.4, -0.2) is 19.2 Å². The van der Waals surface area contributed by atoms with Crippen LogP contribution in [0.3, 0.4) is 0 Å². The lowest BCUT2D eigenvalue weighted by Gasteiger charge is -2.12. The zero-order chi connectivity index (χ0) is 15.0. The molecule has 0 aliphatic heterocycles. The fourth-order valence-electron chi connectivity index (χ4n) is 2.21. The van der Waals surface area contributed by atoms with Gasteiger partial charge >= 0.3 is 0 Å². The van der Waals surface area contributed by atoms with Gasteiger partial charge in [0.25, 0.3) is 0 Å². The molecule has 0 fully saturated rings. The molecule has 1 heterocycles. The quantitative estimate of drug-likeness (QED) is 0.783. The Balaban J connectivity index is 2.12. The van der Waals surface area contributed by atoms with Gasteiger partial charge in [0, 0.05) is 31.4 Å². The molecule has 1 aromatic heterocycles. The molecule has 21 heavy (non-hydrogen) atoms. The molecule has 0 spiro atoms. The van der Waals surface area contributed by atoms with Crippen molar-refractivity contribution in [2.45, 2.75) is 0 Å². The Labute approximate surface area is 121 Å². The summed E-state index contributed by atoms with van der Waals surface area (Å²) in [5.74, 6) is 0.571. The first kappa shape index (κ1) is 13.2. The minimum absolute atomic E-state index is 0.0536. The highest BCUT2D eigenvalue weighted by Gasteiger charge is 2.08. The van der Waals surface area contributed by atoms with Gasteiger partial charge in [0.1, 0.15) is 17.1 Å². The summed E-state index contributed by atoms with van der Waals surface area (Å²) in [5, 5.41) is 9.82. The first-order valence-electron chi connectivity index (χ1n) is 6.59. The summed E-state index contributed by atoms with van der Waals surface area (Å²) in [6, 6.07) is 13.7. The number of phenolic OH excluding ortho intramolecular Hbond substituents is 1. The van der Waals surface area contributed by atoms with E-state index < -0.39 is 0 Å². The number of anilines is 1. The molecule has 0 radical (unpaired) electrons. The van der Waals surface area contributed by atoms with E-state index in [-0.39, 0.29) is 11.2 Å². The fourth-order valence-corrected chi connectivity index (χ4v) is 2.21. The van der Waals surface area contributed by atoms with Crippen molar-refractivity contribution >= 4 is 16.7 Å². The van der Waals surface area contributed by atoms with Crippen molar-refractivity contribution in [1.82, 2.24) is 0 Å². The summed E-state index contributed by atoms with van der Waals surface area (Å²) >= 11 is 0. The van der Waals surface area contributed by atoms with E-state index in [4.69, 9.17) is 4.42 Å². The molecule has 3 aromatic rings. The standard InChI is InChI=1S/C17H15NO3/c1-18(2)12-5-3-11(4-6-12)17-10-15(20)14-9-13(19)7-8-16(14)21-17/h3-10,19H,1-2H3. The van der Waals surface area contributed by atoms with Crippen LogP contribution in [0, 0.1) is 0 Å². The predicted octanol–water partition coefficient (Wildman–Crippen LogP) is 3.23. The van der Waals surface area contributed by atoms with Gasteiger partial charge in [0.2, 0.25) is 0 Å². The summed E-state index contributed by atoms with van der Waals surface area (Å²) in [4.78, 5) is 14.1. The number of nitrogens with zero attached hydrogens (tertiary/aromatic N) is 1. The van der Waals surface area contributed by atoms with Gasteiger partial charge in [0.15, 0.2) is 5.43 Å². The Kier molecular flexibility index (Phi) is 3.14. The number of rotatable bonds is 2. The first-order valence-corrected chi connectivity index (χ1v) is 6.59. The van der Waals surface area contributed by atoms with Crippen LogP contribution >= 0.6 is 0 Å². The average Bonchev–Trinajstić information content (AvgIpc) is 2.48. The number of hydrogen-bond donors (Lipinski definition) is 1. The van der Waals surface area contributed by atoms with Gasteiger partial charge in [-0.1, -0.05) is 0 Å². The highest BCUT2D eigenvalue weighted by atomic mass is 16.3. The number of fused-ring (bicyclic) bond motifs is 1. The predicted molar refractivity (Wildman–Crippen MR) is 83.9 cm³/mol. The van der Waals surface area contributed by atoms with Crippen molar-refractivity contribution in [3.63, 3.8) is 0 Å². The van der Waals surface area contributed by atoms with Crippen molar-refractivity contribution < 1.29 is 9.52 Å². The van der Waals surface area contributed by atoms with Gasteiger partial charge in [-0.3, -0.25) is 4.79 Å². The van der Waals surface area contributed by atoms with E-state index in [1.165, 1.54) is 18.2 Å². The molecule has 106 valence electrons. The van der Waals surface area contributed by atoms with E-state index in [1.54, 1.807) is 6.07 Å². The number of phenols is 1. The molecule has 2 aromatic carbocycles. The van der Waals surface area contributed by atoms with Crippen LogP contribution in [0.5, 0.6) is 5.75 Å². The minimum atomic E-state index is -0.168. The topological polar surface area (TPSA) is 53.7 Å². The van der Waals surface area contributed by atoms with Crippen LogP contribution in [0.2, 0.25) is 0 Å².